The molecular weight excluding hydrogens is 314 g/mol. The topological polar surface area (TPSA) is 146 Å². The van der Waals surface area contributed by atoms with Crippen molar-refractivity contribution in [2.75, 3.05) is 24.1 Å². The van der Waals surface area contributed by atoms with Gasteiger partial charge in [0.15, 0.2) is 0 Å². The number of nitrogen functional groups attached to an aromatic ring is 1. The average Bonchev–Trinajstić information content (AvgIpc) is 2.47. The van der Waals surface area contributed by atoms with Gasteiger partial charge in [0.2, 0.25) is 0 Å². The fourth-order valence-electron chi connectivity index (χ4n) is 2.94. The van der Waals surface area contributed by atoms with E-state index in [2.05, 4.69) is 5.32 Å². The van der Waals surface area contributed by atoms with Crippen molar-refractivity contribution in [3.63, 3.8) is 0 Å². The maximum Gasteiger partial charge on any atom is 0.317 e. The van der Waals surface area contributed by atoms with E-state index < -0.39 is 10.9 Å². The van der Waals surface area contributed by atoms with E-state index in [1.807, 2.05) is 11.8 Å². The summed E-state index contributed by atoms with van der Waals surface area (Å²) in [4.78, 5) is 23.0. The fourth-order valence-corrected chi connectivity index (χ4v) is 2.94. The first-order chi connectivity index (χ1) is 11.3. The molecule has 1 saturated carbocycles. The van der Waals surface area contributed by atoms with E-state index in [4.69, 9.17) is 16.1 Å². The first kappa shape index (κ1) is 17.5. The van der Waals surface area contributed by atoms with Crippen molar-refractivity contribution in [2.24, 2.45) is 0 Å². The van der Waals surface area contributed by atoms with Gasteiger partial charge in [0.05, 0.1) is 11.5 Å². The number of anilines is 2. The minimum atomic E-state index is -0.852. The van der Waals surface area contributed by atoms with Crippen LogP contribution < -0.4 is 11.1 Å². The number of benzene rings is 1. The quantitative estimate of drug-likeness (QED) is 0.385. The third-order valence-corrected chi connectivity index (χ3v) is 4.19. The normalized spacial score (nSPS) is 19.4. The van der Waals surface area contributed by atoms with Crippen molar-refractivity contribution < 1.29 is 14.8 Å². The minimum absolute atomic E-state index is 0.0109. The zero-order chi connectivity index (χ0) is 17.9. The Kier molecular flexibility index (Phi) is 5.21. The van der Waals surface area contributed by atoms with Gasteiger partial charge in [0, 0.05) is 17.8 Å². The van der Waals surface area contributed by atoms with Crippen molar-refractivity contribution in [1.29, 1.82) is 5.26 Å². The number of carboxylic acids is 1. The number of nitriles is 1. The molecule has 1 aliphatic rings. The largest absolute Gasteiger partial charge is 0.480 e. The van der Waals surface area contributed by atoms with Crippen LogP contribution in [-0.2, 0) is 4.79 Å². The number of nitro groups is 1. The highest BCUT2D eigenvalue weighted by Crippen LogP contribution is 2.33. The molecule has 4 N–H and O–H groups in total. The van der Waals surface area contributed by atoms with Gasteiger partial charge in [-0.3, -0.25) is 19.8 Å². The molecule has 9 heteroatoms. The average molecular weight is 333 g/mol. The second kappa shape index (κ2) is 7.14. The molecule has 128 valence electrons. The zero-order valence-corrected chi connectivity index (χ0v) is 13.2. The summed E-state index contributed by atoms with van der Waals surface area (Å²) in [6.07, 6.45) is 1.53. The molecule has 0 atom stereocenters. The summed E-state index contributed by atoms with van der Waals surface area (Å²) >= 11 is 0. The van der Waals surface area contributed by atoms with Crippen LogP contribution in [0, 0.1) is 21.4 Å². The highest BCUT2D eigenvalue weighted by molar-refractivity contribution is 5.73. The number of carbonyl (C=O) groups is 1. The SMILES string of the molecule is CCN(CC(=O)O)C1CC(Nc2cc(N)c([N+](=O)[O-])c(C#N)c2)C1. The lowest BCUT2D eigenvalue weighted by Gasteiger charge is -2.42. The molecule has 0 heterocycles. The van der Waals surface area contributed by atoms with E-state index in [1.54, 1.807) is 6.07 Å². The summed E-state index contributed by atoms with van der Waals surface area (Å²) in [5, 5.41) is 32.1. The molecular formula is C15H19N5O4. The molecule has 1 fully saturated rings. The third kappa shape index (κ3) is 3.72. The summed E-state index contributed by atoms with van der Waals surface area (Å²) < 4.78 is 0. The van der Waals surface area contributed by atoms with Crippen LogP contribution in [0.1, 0.15) is 25.3 Å². The summed E-state index contributed by atoms with van der Waals surface area (Å²) in [7, 11) is 0. The standard InChI is InChI=1S/C15H19N5O4/c1-2-19(8-14(21)22)12-4-11(5-12)18-10-3-9(7-16)15(20(23)24)13(17)6-10/h3,6,11-12,18H,2,4-5,8,17H2,1H3,(H,21,22). The summed E-state index contributed by atoms with van der Waals surface area (Å²) in [5.74, 6) is -0.852. The van der Waals surface area contributed by atoms with E-state index in [-0.39, 0.29) is 35.6 Å². The maximum atomic E-state index is 10.9. The first-order valence-corrected chi connectivity index (χ1v) is 7.56. The number of aliphatic carboxylic acids is 1. The molecule has 0 aliphatic heterocycles. The van der Waals surface area contributed by atoms with Crippen LogP contribution in [0.3, 0.4) is 0 Å². The number of rotatable bonds is 7. The molecule has 1 aliphatic carbocycles. The van der Waals surface area contributed by atoms with Gasteiger partial charge in [-0.2, -0.15) is 5.26 Å². The van der Waals surface area contributed by atoms with E-state index in [0.29, 0.717) is 12.2 Å². The van der Waals surface area contributed by atoms with E-state index >= 15 is 0 Å². The number of likely N-dealkylation sites (N-methyl/N-ethyl adjacent to an activating group) is 1. The predicted octanol–water partition coefficient (Wildman–Crippen LogP) is 1.40. The highest BCUT2D eigenvalue weighted by atomic mass is 16.6. The second-order valence-corrected chi connectivity index (χ2v) is 5.75. The Morgan fingerprint density at radius 2 is 2.25 bits per heavy atom. The van der Waals surface area contributed by atoms with Gasteiger partial charge in [-0.25, -0.2) is 0 Å². The van der Waals surface area contributed by atoms with Crippen LogP contribution in [0.15, 0.2) is 12.1 Å². The Morgan fingerprint density at radius 3 is 2.75 bits per heavy atom. The lowest BCUT2D eigenvalue weighted by Crippen LogP contribution is -2.51. The Balaban J connectivity index is 2.02. The first-order valence-electron chi connectivity index (χ1n) is 7.56. The van der Waals surface area contributed by atoms with Crippen LogP contribution in [0.5, 0.6) is 0 Å². The van der Waals surface area contributed by atoms with Crippen molar-refractivity contribution in [3.05, 3.63) is 27.8 Å². The summed E-state index contributed by atoms with van der Waals surface area (Å²) in [5.41, 5.74) is 5.71. The molecule has 0 amide bonds. The Morgan fingerprint density at radius 1 is 1.58 bits per heavy atom. The number of hydrogen-bond donors (Lipinski definition) is 3. The zero-order valence-electron chi connectivity index (χ0n) is 13.2. The number of carboxylic acid groups (broad SMARTS) is 1. The van der Waals surface area contributed by atoms with Gasteiger partial charge in [0.25, 0.3) is 0 Å². The Bertz CT molecular complexity index is 694. The molecule has 0 aromatic heterocycles. The van der Waals surface area contributed by atoms with Crippen molar-refractivity contribution in [2.45, 2.75) is 31.8 Å². The number of nitro benzene ring substituents is 1. The monoisotopic (exact) mass is 333 g/mol. The van der Waals surface area contributed by atoms with Crippen molar-refractivity contribution in [3.8, 4) is 6.07 Å². The van der Waals surface area contributed by atoms with Gasteiger partial charge in [-0.1, -0.05) is 6.92 Å². The van der Waals surface area contributed by atoms with Gasteiger partial charge < -0.3 is 16.2 Å². The Hall–Kier alpha value is -2.86. The van der Waals surface area contributed by atoms with Gasteiger partial charge in [-0.05, 0) is 31.5 Å². The van der Waals surface area contributed by atoms with E-state index in [0.717, 1.165) is 12.8 Å². The molecule has 0 spiro atoms. The third-order valence-electron chi connectivity index (χ3n) is 4.19. The summed E-state index contributed by atoms with van der Waals surface area (Å²) in [6.45, 7) is 2.59. The van der Waals surface area contributed by atoms with Crippen LogP contribution >= 0.6 is 0 Å². The second-order valence-electron chi connectivity index (χ2n) is 5.75. The number of nitrogens with two attached hydrogens (primary N) is 1. The Labute approximate surface area is 138 Å². The van der Waals surface area contributed by atoms with Crippen LogP contribution in [0.4, 0.5) is 17.1 Å². The highest BCUT2D eigenvalue weighted by Gasteiger charge is 2.34. The van der Waals surface area contributed by atoms with Gasteiger partial charge in [-0.15, -0.1) is 0 Å². The number of nitrogens with one attached hydrogen (secondary N) is 1. The molecule has 0 radical (unpaired) electrons. The molecule has 24 heavy (non-hydrogen) atoms. The summed E-state index contributed by atoms with van der Waals surface area (Å²) in [6, 6.07) is 4.95. The molecule has 1 aromatic carbocycles. The lowest BCUT2D eigenvalue weighted by molar-refractivity contribution is -0.384. The molecule has 0 bridgehead atoms. The molecule has 0 saturated heterocycles. The van der Waals surface area contributed by atoms with Gasteiger partial charge >= 0.3 is 11.7 Å². The van der Waals surface area contributed by atoms with Crippen molar-refractivity contribution >= 4 is 23.0 Å². The number of nitrogens with zero attached hydrogens (tertiary/aromatic N) is 3. The van der Waals surface area contributed by atoms with Crippen molar-refractivity contribution in [1.82, 2.24) is 4.90 Å². The smallest absolute Gasteiger partial charge is 0.317 e. The van der Waals surface area contributed by atoms with E-state index in [9.17, 15) is 14.9 Å². The van der Waals surface area contributed by atoms with E-state index in [1.165, 1.54) is 12.1 Å². The van der Waals surface area contributed by atoms with Gasteiger partial charge in [0.1, 0.15) is 17.3 Å². The van der Waals surface area contributed by atoms with Crippen LogP contribution in [0.25, 0.3) is 0 Å². The minimum Gasteiger partial charge on any atom is -0.480 e. The fraction of sp³-hybridized carbons (Fsp3) is 0.467. The molecule has 0 unspecified atom stereocenters. The van der Waals surface area contributed by atoms with Crippen LogP contribution in [0.2, 0.25) is 0 Å². The predicted molar refractivity (Wildman–Crippen MR) is 87.5 cm³/mol. The van der Waals surface area contributed by atoms with Crippen LogP contribution in [-0.4, -0.2) is 46.1 Å². The number of hydrogen-bond acceptors (Lipinski definition) is 7. The molecule has 2 rings (SSSR count). The molecule has 9 nitrogen and oxygen atoms in total. The maximum absolute atomic E-state index is 10.9. The lowest BCUT2D eigenvalue weighted by atomic mass is 9.85. The molecule has 1 aromatic rings.